The smallest absolute Gasteiger partial charge is 0.234 e. The summed E-state index contributed by atoms with van der Waals surface area (Å²) in [6.45, 7) is 3.55. The third kappa shape index (κ3) is 5.52. The average Bonchev–Trinajstić information content (AvgIpc) is 3.32. The van der Waals surface area contributed by atoms with Crippen LogP contribution in [0.4, 0.5) is 0 Å². The lowest BCUT2D eigenvalue weighted by Crippen LogP contribution is -2.44. The number of phenolic OH excluding ortho intramolecular Hbond substituents is 1. The molecule has 0 bridgehead atoms. The molecule has 1 aliphatic carbocycles. The molecule has 0 unspecified atom stereocenters. The van der Waals surface area contributed by atoms with Crippen LogP contribution in [0.1, 0.15) is 31.2 Å². The molecule has 126 valence electrons. The van der Waals surface area contributed by atoms with Gasteiger partial charge in [0.05, 0.1) is 6.54 Å². The maximum atomic E-state index is 12.3. The number of aromatic hydroxyl groups is 1. The number of benzene rings is 1. The molecule has 1 saturated heterocycles. The van der Waals surface area contributed by atoms with Crippen LogP contribution in [-0.4, -0.2) is 48.3 Å². The monoisotopic (exact) mass is 318 g/mol. The molecule has 1 saturated carbocycles. The topological polar surface area (TPSA) is 61.8 Å². The summed E-state index contributed by atoms with van der Waals surface area (Å²) in [5.74, 6) is 1.10. The molecule has 5 nitrogen and oxygen atoms in total. The summed E-state index contributed by atoms with van der Waals surface area (Å²) in [5.41, 5.74) is 1.05. The van der Waals surface area contributed by atoms with Gasteiger partial charge in [-0.05, 0) is 49.3 Å². The van der Waals surface area contributed by atoms with Crippen LogP contribution in [0.2, 0.25) is 0 Å². The summed E-state index contributed by atoms with van der Waals surface area (Å²) >= 11 is 0. The summed E-state index contributed by atoms with van der Waals surface area (Å²) in [6.07, 6.45) is 4.33. The van der Waals surface area contributed by atoms with E-state index >= 15 is 0 Å². The van der Waals surface area contributed by atoms with Gasteiger partial charge in [0, 0.05) is 32.3 Å². The van der Waals surface area contributed by atoms with Crippen molar-refractivity contribution >= 4 is 5.91 Å². The van der Waals surface area contributed by atoms with Crippen molar-refractivity contribution in [2.75, 3.05) is 26.3 Å². The number of ether oxygens (including phenoxy) is 1. The van der Waals surface area contributed by atoms with Crippen molar-refractivity contribution in [2.24, 2.45) is 5.92 Å². The lowest BCUT2D eigenvalue weighted by molar-refractivity contribution is -0.123. The highest BCUT2D eigenvalue weighted by Gasteiger charge is 2.26. The van der Waals surface area contributed by atoms with Gasteiger partial charge in [-0.15, -0.1) is 0 Å². The zero-order valence-electron chi connectivity index (χ0n) is 13.5. The molecule has 5 heteroatoms. The van der Waals surface area contributed by atoms with Crippen molar-refractivity contribution in [3.05, 3.63) is 29.8 Å². The van der Waals surface area contributed by atoms with Gasteiger partial charge in [0.15, 0.2) is 0 Å². The fourth-order valence-corrected chi connectivity index (χ4v) is 3.08. The first-order valence-corrected chi connectivity index (χ1v) is 8.56. The largest absolute Gasteiger partial charge is 0.508 e. The Morgan fingerprint density at radius 1 is 1.26 bits per heavy atom. The van der Waals surface area contributed by atoms with E-state index in [4.69, 9.17) is 4.74 Å². The minimum atomic E-state index is 0.0951. The van der Waals surface area contributed by atoms with Gasteiger partial charge < -0.3 is 15.2 Å². The number of hydrogen-bond donors (Lipinski definition) is 2. The third-order valence-electron chi connectivity index (χ3n) is 4.48. The van der Waals surface area contributed by atoms with E-state index in [0.717, 1.165) is 44.1 Å². The summed E-state index contributed by atoms with van der Waals surface area (Å²) in [6, 6.07) is 7.54. The number of nitrogens with zero attached hydrogens (tertiary/aromatic N) is 1. The standard InChI is InChI=1S/C18H26N2O3/c21-17-3-1-2-15(10-17)12-20(11-14-4-5-14)13-18(22)19-16-6-8-23-9-7-16/h1-3,10,14,16,21H,4-9,11-13H2,(H,19,22). The molecule has 0 atom stereocenters. The molecule has 2 fully saturated rings. The molecule has 2 aliphatic rings. The number of phenols is 1. The second-order valence-corrected chi connectivity index (χ2v) is 6.74. The van der Waals surface area contributed by atoms with Crippen molar-refractivity contribution in [2.45, 2.75) is 38.3 Å². The van der Waals surface area contributed by atoms with Gasteiger partial charge in [-0.2, -0.15) is 0 Å². The highest BCUT2D eigenvalue weighted by molar-refractivity contribution is 5.78. The van der Waals surface area contributed by atoms with E-state index in [0.29, 0.717) is 13.1 Å². The summed E-state index contributed by atoms with van der Waals surface area (Å²) in [7, 11) is 0. The summed E-state index contributed by atoms with van der Waals surface area (Å²) in [5, 5.41) is 12.7. The molecule has 0 aromatic heterocycles. The lowest BCUT2D eigenvalue weighted by Gasteiger charge is -2.26. The predicted octanol–water partition coefficient (Wildman–Crippen LogP) is 1.90. The van der Waals surface area contributed by atoms with Crippen molar-refractivity contribution in [1.82, 2.24) is 10.2 Å². The number of nitrogens with one attached hydrogen (secondary N) is 1. The fraction of sp³-hybridized carbons (Fsp3) is 0.611. The predicted molar refractivity (Wildman–Crippen MR) is 88.1 cm³/mol. The summed E-state index contributed by atoms with van der Waals surface area (Å²) in [4.78, 5) is 14.5. The van der Waals surface area contributed by atoms with Crippen LogP contribution >= 0.6 is 0 Å². The zero-order valence-corrected chi connectivity index (χ0v) is 13.5. The molecule has 1 aliphatic heterocycles. The van der Waals surface area contributed by atoms with Gasteiger partial charge in [-0.1, -0.05) is 12.1 Å². The van der Waals surface area contributed by atoms with Gasteiger partial charge in [0.2, 0.25) is 5.91 Å². The van der Waals surface area contributed by atoms with E-state index in [9.17, 15) is 9.90 Å². The lowest BCUT2D eigenvalue weighted by atomic mass is 10.1. The van der Waals surface area contributed by atoms with Crippen LogP contribution in [0.25, 0.3) is 0 Å². The number of hydrogen-bond acceptors (Lipinski definition) is 4. The van der Waals surface area contributed by atoms with Gasteiger partial charge in [-0.3, -0.25) is 9.69 Å². The Morgan fingerprint density at radius 2 is 2.04 bits per heavy atom. The highest BCUT2D eigenvalue weighted by Crippen LogP contribution is 2.30. The first-order chi connectivity index (χ1) is 11.2. The Kier molecular flexibility index (Phi) is 5.51. The summed E-state index contributed by atoms with van der Waals surface area (Å²) < 4.78 is 5.33. The van der Waals surface area contributed by atoms with Gasteiger partial charge in [0.25, 0.3) is 0 Å². The Morgan fingerprint density at radius 3 is 2.74 bits per heavy atom. The van der Waals surface area contributed by atoms with Crippen LogP contribution in [0, 0.1) is 5.92 Å². The van der Waals surface area contributed by atoms with Crippen LogP contribution in [-0.2, 0) is 16.1 Å². The van der Waals surface area contributed by atoms with Crippen LogP contribution in [0.5, 0.6) is 5.75 Å². The Hall–Kier alpha value is -1.59. The van der Waals surface area contributed by atoms with Crippen LogP contribution < -0.4 is 5.32 Å². The van der Waals surface area contributed by atoms with E-state index in [1.807, 2.05) is 12.1 Å². The van der Waals surface area contributed by atoms with Crippen molar-refractivity contribution in [3.8, 4) is 5.75 Å². The van der Waals surface area contributed by atoms with Crippen molar-refractivity contribution < 1.29 is 14.6 Å². The van der Waals surface area contributed by atoms with Crippen molar-refractivity contribution in [1.29, 1.82) is 0 Å². The first-order valence-electron chi connectivity index (χ1n) is 8.56. The van der Waals surface area contributed by atoms with Gasteiger partial charge in [0.1, 0.15) is 5.75 Å². The Labute approximate surface area is 137 Å². The molecule has 1 heterocycles. The number of carbonyl (C=O) groups excluding carboxylic acids is 1. The Bertz CT molecular complexity index is 525. The number of carbonyl (C=O) groups is 1. The van der Waals surface area contributed by atoms with Gasteiger partial charge >= 0.3 is 0 Å². The molecule has 0 radical (unpaired) electrons. The molecule has 2 N–H and O–H groups in total. The van der Waals surface area contributed by atoms with E-state index < -0.39 is 0 Å². The fourth-order valence-electron chi connectivity index (χ4n) is 3.08. The van der Waals surface area contributed by atoms with E-state index in [-0.39, 0.29) is 17.7 Å². The van der Waals surface area contributed by atoms with Crippen LogP contribution in [0.3, 0.4) is 0 Å². The third-order valence-corrected chi connectivity index (χ3v) is 4.48. The second kappa shape index (κ2) is 7.79. The van der Waals surface area contributed by atoms with E-state index in [1.54, 1.807) is 12.1 Å². The maximum absolute atomic E-state index is 12.3. The molecule has 1 aromatic carbocycles. The molecular formula is C18H26N2O3. The first kappa shape index (κ1) is 16.3. The molecule has 23 heavy (non-hydrogen) atoms. The van der Waals surface area contributed by atoms with E-state index in [2.05, 4.69) is 10.2 Å². The molecule has 1 aromatic rings. The highest BCUT2D eigenvalue weighted by atomic mass is 16.5. The van der Waals surface area contributed by atoms with Crippen molar-refractivity contribution in [3.63, 3.8) is 0 Å². The number of rotatable bonds is 7. The van der Waals surface area contributed by atoms with Crippen LogP contribution in [0.15, 0.2) is 24.3 Å². The average molecular weight is 318 g/mol. The normalized spacial score (nSPS) is 19.0. The quantitative estimate of drug-likeness (QED) is 0.806. The number of amides is 1. The molecule has 1 amide bonds. The molecular weight excluding hydrogens is 292 g/mol. The molecule has 3 rings (SSSR count). The maximum Gasteiger partial charge on any atom is 0.234 e. The molecule has 0 spiro atoms. The second-order valence-electron chi connectivity index (χ2n) is 6.74. The van der Waals surface area contributed by atoms with E-state index in [1.165, 1.54) is 12.8 Å². The zero-order chi connectivity index (χ0) is 16.1. The Balaban J connectivity index is 1.53. The minimum Gasteiger partial charge on any atom is -0.508 e. The minimum absolute atomic E-state index is 0.0951. The SMILES string of the molecule is O=C(CN(Cc1cccc(O)c1)CC1CC1)NC1CCOCC1. The van der Waals surface area contributed by atoms with Gasteiger partial charge in [-0.25, -0.2) is 0 Å².